The number of benzene rings is 2. The van der Waals surface area contributed by atoms with Crippen molar-refractivity contribution in [1.29, 1.82) is 0 Å². The summed E-state index contributed by atoms with van der Waals surface area (Å²) in [5.41, 5.74) is 3.56. The number of para-hydroxylation sites is 1. The molecule has 1 unspecified atom stereocenters. The molecule has 30 heavy (non-hydrogen) atoms. The van der Waals surface area contributed by atoms with Crippen LogP contribution < -0.4 is 21.3 Å². The van der Waals surface area contributed by atoms with Crippen LogP contribution in [0.2, 0.25) is 5.02 Å². The average molecular weight is 461 g/mol. The molecule has 0 spiro atoms. The molecular weight excluding hydrogens is 440 g/mol. The molecule has 0 aliphatic carbocycles. The molecule has 0 radical (unpaired) electrons. The second-order valence-corrected chi connectivity index (χ2v) is 7.70. The third-order valence-corrected chi connectivity index (χ3v) is 5.14. The van der Waals surface area contributed by atoms with Gasteiger partial charge in [-0.2, -0.15) is 0 Å². The highest BCUT2D eigenvalue weighted by Gasteiger charge is 2.30. The topological polar surface area (TPSA) is 74.4 Å². The van der Waals surface area contributed by atoms with Gasteiger partial charge in [-0.3, -0.25) is 0 Å². The van der Waals surface area contributed by atoms with Crippen LogP contribution in [0.3, 0.4) is 0 Å². The SMILES string of the molecule is CCOC(=O)C1=C(C)NC(=S)NC1c1ccc(NC(=S)Nc2ccccc2Cl)cc1. The van der Waals surface area contributed by atoms with Crippen LogP contribution in [0.4, 0.5) is 11.4 Å². The van der Waals surface area contributed by atoms with E-state index >= 15 is 0 Å². The van der Waals surface area contributed by atoms with E-state index in [0.717, 1.165) is 16.9 Å². The fourth-order valence-corrected chi connectivity index (χ4v) is 3.71. The largest absolute Gasteiger partial charge is 0.463 e. The first kappa shape index (κ1) is 22.0. The summed E-state index contributed by atoms with van der Waals surface area (Å²) >= 11 is 16.8. The van der Waals surface area contributed by atoms with E-state index in [1.54, 1.807) is 19.9 Å². The van der Waals surface area contributed by atoms with Crippen molar-refractivity contribution in [3.05, 3.63) is 70.4 Å². The molecule has 0 saturated carbocycles. The van der Waals surface area contributed by atoms with E-state index in [2.05, 4.69) is 21.3 Å². The van der Waals surface area contributed by atoms with Gasteiger partial charge in [-0.1, -0.05) is 35.9 Å². The molecule has 2 aromatic carbocycles. The van der Waals surface area contributed by atoms with Crippen LogP contribution in [0.15, 0.2) is 59.8 Å². The third-order valence-electron chi connectivity index (χ3n) is 4.39. The molecule has 3 rings (SSSR count). The molecule has 9 heteroatoms. The van der Waals surface area contributed by atoms with Gasteiger partial charge < -0.3 is 26.0 Å². The third kappa shape index (κ3) is 5.27. The number of thiocarbonyl (C=S) groups is 2. The number of nitrogens with one attached hydrogen (secondary N) is 4. The number of halogens is 1. The lowest BCUT2D eigenvalue weighted by Gasteiger charge is -2.30. The Morgan fingerprint density at radius 1 is 1.17 bits per heavy atom. The zero-order chi connectivity index (χ0) is 21.7. The van der Waals surface area contributed by atoms with E-state index in [0.29, 0.717) is 33.1 Å². The summed E-state index contributed by atoms with van der Waals surface area (Å²) in [5.74, 6) is -0.380. The number of ether oxygens (including phenoxy) is 1. The molecule has 0 saturated heterocycles. The molecule has 0 amide bonds. The first-order chi connectivity index (χ1) is 14.4. The van der Waals surface area contributed by atoms with Gasteiger partial charge in [-0.25, -0.2) is 4.79 Å². The highest BCUT2D eigenvalue weighted by atomic mass is 35.5. The van der Waals surface area contributed by atoms with Gasteiger partial charge in [0.2, 0.25) is 0 Å². The lowest BCUT2D eigenvalue weighted by molar-refractivity contribution is -0.139. The molecule has 2 aromatic rings. The van der Waals surface area contributed by atoms with E-state index < -0.39 is 6.04 Å². The monoisotopic (exact) mass is 460 g/mol. The van der Waals surface area contributed by atoms with E-state index in [4.69, 9.17) is 40.8 Å². The molecule has 6 nitrogen and oxygen atoms in total. The van der Waals surface area contributed by atoms with Gasteiger partial charge in [0, 0.05) is 11.4 Å². The van der Waals surface area contributed by atoms with Crippen molar-refractivity contribution in [3.8, 4) is 0 Å². The summed E-state index contributed by atoms with van der Waals surface area (Å²) in [6, 6.07) is 14.5. The first-order valence-electron chi connectivity index (χ1n) is 9.27. The molecule has 0 aromatic heterocycles. The van der Waals surface area contributed by atoms with Gasteiger partial charge in [0.1, 0.15) is 0 Å². The summed E-state index contributed by atoms with van der Waals surface area (Å²) in [6.07, 6.45) is 0. The maximum atomic E-state index is 12.5. The summed E-state index contributed by atoms with van der Waals surface area (Å²) in [4.78, 5) is 12.5. The fraction of sp³-hybridized carbons (Fsp3) is 0.190. The van der Waals surface area contributed by atoms with Crippen molar-refractivity contribution in [2.24, 2.45) is 0 Å². The smallest absolute Gasteiger partial charge is 0.338 e. The highest BCUT2D eigenvalue weighted by Crippen LogP contribution is 2.28. The average Bonchev–Trinajstić information content (AvgIpc) is 2.70. The highest BCUT2D eigenvalue weighted by molar-refractivity contribution is 7.80. The maximum absolute atomic E-state index is 12.5. The maximum Gasteiger partial charge on any atom is 0.338 e. The zero-order valence-electron chi connectivity index (χ0n) is 16.4. The Kier molecular flexibility index (Phi) is 7.25. The van der Waals surface area contributed by atoms with Gasteiger partial charge >= 0.3 is 5.97 Å². The molecule has 4 N–H and O–H groups in total. The minimum absolute atomic E-state index is 0.297. The zero-order valence-corrected chi connectivity index (χ0v) is 18.8. The second-order valence-electron chi connectivity index (χ2n) is 6.47. The number of hydrogen-bond acceptors (Lipinski definition) is 4. The molecule has 1 aliphatic rings. The number of esters is 1. The molecule has 0 fully saturated rings. The minimum Gasteiger partial charge on any atom is -0.463 e. The normalized spacial score (nSPS) is 15.7. The Balaban J connectivity index is 1.74. The first-order valence-corrected chi connectivity index (χ1v) is 10.5. The molecule has 0 bridgehead atoms. The van der Waals surface area contributed by atoms with Crippen molar-refractivity contribution in [2.75, 3.05) is 17.2 Å². The van der Waals surface area contributed by atoms with Gasteiger partial charge in [0.15, 0.2) is 10.2 Å². The summed E-state index contributed by atoms with van der Waals surface area (Å²) < 4.78 is 5.21. The summed E-state index contributed by atoms with van der Waals surface area (Å²) in [6.45, 7) is 3.88. The number of hydrogen-bond donors (Lipinski definition) is 4. The summed E-state index contributed by atoms with van der Waals surface area (Å²) in [5, 5.41) is 13.8. The Bertz CT molecular complexity index is 1010. The summed E-state index contributed by atoms with van der Waals surface area (Å²) in [7, 11) is 0. The number of allylic oxidation sites excluding steroid dienone is 1. The van der Waals surface area contributed by atoms with Crippen LogP contribution in [-0.2, 0) is 9.53 Å². The molecule has 1 aliphatic heterocycles. The van der Waals surface area contributed by atoms with Crippen molar-refractivity contribution in [3.63, 3.8) is 0 Å². The molecule has 1 heterocycles. The van der Waals surface area contributed by atoms with Crippen LogP contribution in [0, 0.1) is 0 Å². The van der Waals surface area contributed by atoms with Crippen LogP contribution in [0.25, 0.3) is 0 Å². The van der Waals surface area contributed by atoms with Crippen LogP contribution in [-0.4, -0.2) is 22.8 Å². The molecule has 156 valence electrons. The van der Waals surface area contributed by atoms with Crippen LogP contribution >= 0.6 is 36.0 Å². The van der Waals surface area contributed by atoms with E-state index in [1.165, 1.54) is 0 Å². The second kappa shape index (κ2) is 9.88. The van der Waals surface area contributed by atoms with Gasteiger partial charge in [0.05, 0.1) is 28.9 Å². The lowest BCUT2D eigenvalue weighted by atomic mass is 9.95. The number of rotatable bonds is 5. The number of carbonyl (C=O) groups excluding carboxylic acids is 1. The lowest BCUT2D eigenvalue weighted by Crippen LogP contribution is -2.45. The van der Waals surface area contributed by atoms with Gasteiger partial charge in [-0.05, 0) is 68.1 Å². The van der Waals surface area contributed by atoms with Crippen molar-refractivity contribution in [2.45, 2.75) is 19.9 Å². The van der Waals surface area contributed by atoms with Crippen molar-refractivity contribution < 1.29 is 9.53 Å². The molecule has 1 atom stereocenters. The fourth-order valence-electron chi connectivity index (χ4n) is 3.03. The van der Waals surface area contributed by atoms with Gasteiger partial charge in [0.25, 0.3) is 0 Å². The number of carbonyl (C=O) groups is 1. The predicted octanol–water partition coefficient (Wildman–Crippen LogP) is 4.50. The Morgan fingerprint density at radius 2 is 1.87 bits per heavy atom. The predicted molar refractivity (Wildman–Crippen MR) is 129 cm³/mol. The Morgan fingerprint density at radius 3 is 2.53 bits per heavy atom. The van der Waals surface area contributed by atoms with E-state index in [1.807, 2.05) is 42.5 Å². The van der Waals surface area contributed by atoms with E-state index in [-0.39, 0.29) is 5.97 Å². The Hall–Kier alpha value is -2.68. The standard InChI is InChI=1S/C21H21ClN4O2S2/c1-3-28-19(27)17-12(2)23-20(29)26-18(17)13-8-10-14(11-9-13)24-21(30)25-16-7-5-4-6-15(16)22/h4-11,18H,3H2,1-2H3,(H2,23,26,29)(H2,24,25,30). The molecular formula is C21H21ClN4O2S2. The van der Waals surface area contributed by atoms with Crippen molar-refractivity contribution >= 4 is 63.6 Å². The van der Waals surface area contributed by atoms with Crippen LogP contribution in [0.1, 0.15) is 25.5 Å². The quantitative estimate of drug-likeness (QED) is 0.384. The number of anilines is 2. The minimum atomic E-state index is -0.403. The van der Waals surface area contributed by atoms with Crippen LogP contribution in [0.5, 0.6) is 0 Å². The van der Waals surface area contributed by atoms with E-state index in [9.17, 15) is 4.79 Å². The van der Waals surface area contributed by atoms with Gasteiger partial charge in [-0.15, -0.1) is 0 Å². The van der Waals surface area contributed by atoms with Crippen molar-refractivity contribution in [1.82, 2.24) is 10.6 Å². The Labute approximate surface area is 191 Å².